The average Bonchev–Trinajstić information content (AvgIpc) is 2.44. The topological polar surface area (TPSA) is 141 Å². The normalized spacial score (nSPS) is 6.78. The van der Waals surface area contributed by atoms with Crippen molar-refractivity contribution in [3.63, 3.8) is 0 Å². The van der Waals surface area contributed by atoms with Gasteiger partial charge in [-0.15, -0.1) is 33.0 Å². The van der Waals surface area contributed by atoms with Crippen LogP contribution in [0.4, 0.5) is 0 Å². The molecule has 0 rings (SSSR count). The van der Waals surface area contributed by atoms with Crippen LogP contribution in [0.15, 0.2) is 0 Å². The summed E-state index contributed by atoms with van der Waals surface area (Å²) in [6, 6.07) is 0. The van der Waals surface area contributed by atoms with Crippen molar-refractivity contribution in [2.24, 2.45) is 5.73 Å². The van der Waals surface area contributed by atoms with Crippen LogP contribution in [-0.2, 0) is 22.4 Å². The van der Waals surface area contributed by atoms with Gasteiger partial charge in [0.2, 0.25) is 0 Å². The Kier molecular flexibility index (Phi) is 179. The standard InChI is InChI=1S/C6H15N.5C2H5O.Nb/c1-2-3-4-5-6-7;5*1-2-3;/h2-7H2,1H3;5*2H2,1H3;/q;5*-1;+5. The molecule has 0 aromatic rings. The van der Waals surface area contributed by atoms with Gasteiger partial charge in [0.05, 0.1) is 0 Å². The fourth-order valence-electron chi connectivity index (χ4n) is 0.571. The van der Waals surface area contributed by atoms with Crippen molar-refractivity contribution in [1.29, 1.82) is 0 Å². The maximum Gasteiger partial charge on any atom is 5.00 e. The zero-order valence-corrected chi connectivity index (χ0v) is 18.3. The van der Waals surface area contributed by atoms with Gasteiger partial charge in [0.15, 0.2) is 0 Å². The van der Waals surface area contributed by atoms with Gasteiger partial charge in [-0.1, -0.05) is 60.8 Å². The van der Waals surface area contributed by atoms with Gasteiger partial charge in [0.1, 0.15) is 0 Å². The third kappa shape index (κ3) is 467. The molecule has 2 N–H and O–H groups in total. The van der Waals surface area contributed by atoms with Crippen molar-refractivity contribution < 1.29 is 47.9 Å². The van der Waals surface area contributed by atoms with E-state index in [0.29, 0.717) is 0 Å². The molecule has 0 aliphatic rings. The summed E-state index contributed by atoms with van der Waals surface area (Å²) in [6.45, 7) is 10.9. The maximum absolute atomic E-state index is 8.93. The van der Waals surface area contributed by atoms with Gasteiger partial charge in [-0.2, -0.15) is 0 Å². The van der Waals surface area contributed by atoms with E-state index in [0.717, 1.165) is 6.54 Å². The molecule has 0 saturated heterocycles. The second-order valence-electron chi connectivity index (χ2n) is 3.29. The minimum absolute atomic E-state index is 0. The first kappa shape index (κ1) is 43.7. The Balaban J connectivity index is -0.0000000280. The molecule has 6 nitrogen and oxygen atoms in total. The molecule has 0 saturated carbocycles. The second-order valence-corrected chi connectivity index (χ2v) is 3.29. The predicted octanol–water partition coefficient (Wildman–Crippen LogP) is -1.64. The molecule has 0 aromatic heterocycles. The van der Waals surface area contributed by atoms with E-state index in [2.05, 4.69) is 6.92 Å². The summed E-state index contributed by atoms with van der Waals surface area (Å²) in [5.74, 6) is 0. The third-order valence-electron chi connectivity index (χ3n) is 1.06. The molecule has 0 aliphatic heterocycles. The zero-order chi connectivity index (χ0) is 19.1. The molecule has 144 valence electrons. The molecular formula is C16H40NNbO5. The number of hydrogen-bond acceptors (Lipinski definition) is 6. The van der Waals surface area contributed by atoms with Crippen LogP contribution in [0.3, 0.4) is 0 Å². The molecule has 0 radical (unpaired) electrons. The van der Waals surface area contributed by atoms with Crippen LogP contribution in [0.2, 0.25) is 0 Å². The third-order valence-corrected chi connectivity index (χ3v) is 1.06. The summed E-state index contributed by atoms with van der Waals surface area (Å²) in [4.78, 5) is 0. The van der Waals surface area contributed by atoms with Gasteiger partial charge in [-0.25, -0.2) is 0 Å². The Morgan fingerprint density at radius 3 is 0.870 bits per heavy atom. The fraction of sp³-hybridized carbons (Fsp3) is 1.00. The summed E-state index contributed by atoms with van der Waals surface area (Å²) in [6.07, 6.45) is 5.16. The van der Waals surface area contributed by atoms with E-state index >= 15 is 0 Å². The van der Waals surface area contributed by atoms with Crippen LogP contribution in [0.1, 0.15) is 67.2 Å². The molecular weight excluding hydrogens is 379 g/mol. The Hall–Kier alpha value is 0.500. The van der Waals surface area contributed by atoms with E-state index in [1.807, 2.05) is 0 Å². The van der Waals surface area contributed by atoms with Crippen molar-refractivity contribution in [3.05, 3.63) is 0 Å². The fourth-order valence-corrected chi connectivity index (χ4v) is 0.571. The molecule has 0 heterocycles. The summed E-state index contributed by atoms with van der Waals surface area (Å²) in [5.41, 5.74) is 5.27. The SMILES string of the molecule is CCCCCCN.CC[O-].CC[O-].CC[O-].CC[O-].CC[O-].[Nb+5]. The van der Waals surface area contributed by atoms with Crippen molar-refractivity contribution in [3.8, 4) is 0 Å². The quantitative estimate of drug-likeness (QED) is 0.428. The number of hydrogen-bond donors (Lipinski definition) is 1. The van der Waals surface area contributed by atoms with E-state index in [1.54, 1.807) is 34.6 Å². The Morgan fingerprint density at radius 1 is 0.522 bits per heavy atom. The van der Waals surface area contributed by atoms with E-state index in [1.165, 1.54) is 25.7 Å². The van der Waals surface area contributed by atoms with Crippen LogP contribution < -0.4 is 31.3 Å². The summed E-state index contributed by atoms with van der Waals surface area (Å²) < 4.78 is 0. The van der Waals surface area contributed by atoms with Gasteiger partial charge in [-0.3, -0.25) is 0 Å². The van der Waals surface area contributed by atoms with Crippen molar-refractivity contribution in [1.82, 2.24) is 0 Å². The Bertz CT molecular complexity index is 79.3. The van der Waals surface area contributed by atoms with E-state index in [4.69, 9.17) is 31.3 Å². The van der Waals surface area contributed by atoms with E-state index in [9.17, 15) is 0 Å². The predicted molar refractivity (Wildman–Crippen MR) is 85.9 cm³/mol. The first-order valence-electron chi connectivity index (χ1n) is 8.09. The number of nitrogens with two attached hydrogens (primary N) is 1. The molecule has 0 aliphatic carbocycles. The summed E-state index contributed by atoms with van der Waals surface area (Å²) >= 11 is 0. The van der Waals surface area contributed by atoms with Gasteiger partial charge in [-0.05, 0) is 13.0 Å². The van der Waals surface area contributed by atoms with E-state index < -0.39 is 0 Å². The molecule has 0 atom stereocenters. The molecule has 0 aromatic carbocycles. The molecule has 23 heavy (non-hydrogen) atoms. The molecule has 0 bridgehead atoms. The van der Waals surface area contributed by atoms with Crippen LogP contribution in [0, 0.1) is 0 Å². The van der Waals surface area contributed by atoms with Crippen LogP contribution >= 0.6 is 0 Å². The maximum atomic E-state index is 8.93. The molecule has 0 fully saturated rings. The number of rotatable bonds is 4. The van der Waals surface area contributed by atoms with Gasteiger partial charge < -0.3 is 31.3 Å². The molecule has 0 spiro atoms. The van der Waals surface area contributed by atoms with Crippen molar-refractivity contribution >= 4 is 0 Å². The van der Waals surface area contributed by atoms with Gasteiger partial charge in [0.25, 0.3) is 0 Å². The average molecular weight is 419 g/mol. The first-order chi connectivity index (χ1) is 10.5. The molecule has 0 unspecified atom stereocenters. The number of unbranched alkanes of at least 4 members (excludes halogenated alkanes) is 3. The Labute approximate surface area is 160 Å². The largest absolute Gasteiger partial charge is 5.00 e. The van der Waals surface area contributed by atoms with Crippen LogP contribution in [-0.4, -0.2) is 39.6 Å². The molecule has 7 heteroatoms. The smallest absolute Gasteiger partial charge is 0.855 e. The van der Waals surface area contributed by atoms with E-state index in [-0.39, 0.29) is 55.4 Å². The van der Waals surface area contributed by atoms with Gasteiger partial charge in [0, 0.05) is 0 Å². The molecule has 0 amide bonds. The second kappa shape index (κ2) is 94.3. The summed E-state index contributed by atoms with van der Waals surface area (Å²) in [7, 11) is 0. The monoisotopic (exact) mass is 419 g/mol. The zero-order valence-electron chi connectivity index (χ0n) is 16.1. The van der Waals surface area contributed by atoms with Crippen LogP contribution in [0.5, 0.6) is 0 Å². The Morgan fingerprint density at radius 2 is 0.739 bits per heavy atom. The summed E-state index contributed by atoms with van der Waals surface area (Å²) in [5, 5.41) is 44.7. The van der Waals surface area contributed by atoms with Crippen molar-refractivity contribution in [2.75, 3.05) is 39.6 Å². The first-order valence-corrected chi connectivity index (χ1v) is 8.09. The minimum Gasteiger partial charge on any atom is -0.855 e. The van der Waals surface area contributed by atoms with Gasteiger partial charge >= 0.3 is 22.4 Å². The minimum atomic E-state index is 0. The van der Waals surface area contributed by atoms with Crippen LogP contribution in [0.25, 0.3) is 0 Å². The van der Waals surface area contributed by atoms with Crippen molar-refractivity contribution in [2.45, 2.75) is 67.2 Å².